The zero-order valence-corrected chi connectivity index (χ0v) is 18.3. The Labute approximate surface area is 191 Å². The summed E-state index contributed by atoms with van der Waals surface area (Å²) in [5.74, 6) is -0.0252. The minimum atomic E-state index is -0.452. The van der Waals surface area contributed by atoms with Crippen LogP contribution in [0.15, 0.2) is 79.1 Å². The molecule has 0 unspecified atom stereocenters. The van der Waals surface area contributed by atoms with Crippen molar-refractivity contribution in [2.75, 3.05) is 12.4 Å². The van der Waals surface area contributed by atoms with E-state index >= 15 is 0 Å². The van der Waals surface area contributed by atoms with Crippen molar-refractivity contribution in [3.63, 3.8) is 0 Å². The van der Waals surface area contributed by atoms with Crippen molar-refractivity contribution in [3.8, 4) is 11.5 Å². The molecular weight excluding hydrogens is 418 g/mol. The molecule has 3 aromatic carbocycles. The zero-order valence-electron chi connectivity index (χ0n) is 18.3. The number of fused-ring (bicyclic) bond motifs is 1. The highest BCUT2D eigenvalue weighted by Crippen LogP contribution is 2.29. The molecule has 0 bridgehead atoms. The van der Waals surface area contributed by atoms with Crippen LogP contribution in [0.4, 0.5) is 5.69 Å². The Bertz CT molecular complexity index is 1330. The Balaban J connectivity index is 1.50. The molecule has 33 heavy (non-hydrogen) atoms. The van der Waals surface area contributed by atoms with Gasteiger partial charge in [0.15, 0.2) is 11.5 Å². The van der Waals surface area contributed by atoms with Gasteiger partial charge in [0.25, 0.3) is 0 Å². The lowest BCUT2D eigenvalue weighted by molar-refractivity contribution is -0.132. The number of amides is 1. The Morgan fingerprint density at radius 3 is 2.61 bits per heavy atom. The lowest BCUT2D eigenvalue weighted by atomic mass is 10.2. The summed E-state index contributed by atoms with van der Waals surface area (Å²) in [5, 5.41) is 2.89. The maximum atomic E-state index is 12.6. The van der Waals surface area contributed by atoms with Crippen LogP contribution in [0.5, 0.6) is 11.5 Å². The third-order valence-electron chi connectivity index (χ3n) is 4.97. The van der Waals surface area contributed by atoms with Crippen molar-refractivity contribution in [2.45, 2.75) is 13.5 Å². The summed E-state index contributed by atoms with van der Waals surface area (Å²) in [4.78, 5) is 28.4. The van der Waals surface area contributed by atoms with Crippen molar-refractivity contribution in [3.05, 3.63) is 90.3 Å². The quantitative estimate of drug-likeness (QED) is 0.256. The highest BCUT2D eigenvalue weighted by Gasteiger charge is 2.10. The average Bonchev–Trinajstić information content (AvgIpc) is 3.22. The van der Waals surface area contributed by atoms with Crippen molar-refractivity contribution < 1.29 is 19.1 Å². The van der Waals surface area contributed by atoms with Crippen LogP contribution >= 0.6 is 0 Å². The predicted molar refractivity (Wildman–Crippen MR) is 127 cm³/mol. The molecule has 4 rings (SSSR count). The second kappa shape index (κ2) is 9.82. The largest absolute Gasteiger partial charge is 0.493 e. The van der Waals surface area contributed by atoms with Gasteiger partial charge in [0, 0.05) is 19.5 Å². The number of hydrogen-bond donors (Lipinski definition) is 1. The Hall–Kier alpha value is -4.39. The van der Waals surface area contributed by atoms with E-state index in [0.29, 0.717) is 29.3 Å². The summed E-state index contributed by atoms with van der Waals surface area (Å²) in [7, 11) is 1.49. The van der Waals surface area contributed by atoms with E-state index in [1.165, 1.54) is 25.7 Å². The molecule has 1 N–H and O–H groups in total. The van der Waals surface area contributed by atoms with Gasteiger partial charge in [-0.2, -0.15) is 0 Å². The van der Waals surface area contributed by atoms with E-state index in [4.69, 9.17) is 9.47 Å². The van der Waals surface area contributed by atoms with E-state index in [2.05, 4.69) is 22.4 Å². The Kier molecular flexibility index (Phi) is 6.50. The van der Waals surface area contributed by atoms with Gasteiger partial charge in [-0.15, -0.1) is 0 Å². The number of carbonyl (C=O) groups excluding carboxylic acids is 2. The normalized spacial score (nSPS) is 11.0. The first kappa shape index (κ1) is 21.8. The van der Waals surface area contributed by atoms with Gasteiger partial charge in [-0.1, -0.05) is 42.5 Å². The van der Waals surface area contributed by atoms with Gasteiger partial charge in [0.05, 0.1) is 24.6 Å². The number of anilines is 1. The van der Waals surface area contributed by atoms with E-state index in [9.17, 15) is 9.59 Å². The molecule has 1 aromatic heterocycles. The van der Waals surface area contributed by atoms with Crippen LogP contribution in [0.2, 0.25) is 0 Å². The number of para-hydroxylation sites is 1. The standard InChI is InChI=1S/C26H23N3O4/c1-18(30)33-24-15-19(11-13-23(24)32-2)12-14-25(31)28-21-9-6-10-22-26(21)27-17-29(22)16-20-7-4-3-5-8-20/h3-15,17H,16H2,1-2H3,(H,28,31). The first-order chi connectivity index (χ1) is 16.0. The number of esters is 1. The molecule has 0 saturated heterocycles. The molecule has 0 aliphatic rings. The smallest absolute Gasteiger partial charge is 0.308 e. The van der Waals surface area contributed by atoms with Crippen LogP contribution in [0.3, 0.4) is 0 Å². The van der Waals surface area contributed by atoms with Crippen LogP contribution in [0.1, 0.15) is 18.1 Å². The van der Waals surface area contributed by atoms with Crippen LogP contribution in [-0.4, -0.2) is 28.5 Å². The topological polar surface area (TPSA) is 82.4 Å². The van der Waals surface area contributed by atoms with Crippen molar-refractivity contribution in [2.24, 2.45) is 0 Å². The molecule has 0 spiro atoms. The molecule has 1 heterocycles. The minimum absolute atomic E-state index is 0.293. The third-order valence-corrected chi connectivity index (χ3v) is 4.97. The number of rotatable bonds is 7. The van der Waals surface area contributed by atoms with Crippen molar-refractivity contribution in [1.82, 2.24) is 9.55 Å². The fourth-order valence-electron chi connectivity index (χ4n) is 3.47. The highest BCUT2D eigenvalue weighted by atomic mass is 16.6. The van der Waals surface area contributed by atoms with Crippen molar-refractivity contribution >= 4 is 34.7 Å². The molecule has 0 radical (unpaired) electrons. The SMILES string of the molecule is COc1ccc(C=CC(=O)Nc2cccc3c2ncn3Cc2ccccc2)cc1OC(C)=O. The number of nitrogens with one attached hydrogen (secondary N) is 1. The number of imidazole rings is 1. The maximum absolute atomic E-state index is 12.6. The monoisotopic (exact) mass is 441 g/mol. The van der Waals surface area contributed by atoms with E-state index in [0.717, 1.165) is 11.0 Å². The summed E-state index contributed by atoms with van der Waals surface area (Å²) in [6, 6.07) is 20.9. The van der Waals surface area contributed by atoms with Crippen LogP contribution < -0.4 is 14.8 Å². The van der Waals surface area contributed by atoms with Gasteiger partial charge in [-0.25, -0.2) is 4.98 Å². The average molecular weight is 441 g/mol. The summed E-state index contributed by atoms with van der Waals surface area (Å²) < 4.78 is 12.4. The summed E-state index contributed by atoms with van der Waals surface area (Å²) >= 11 is 0. The van der Waals surface area contributed by atoms with Gasteiger partial charge >= 0.3 is 5.97 Å². The number of hydrogen-bond acceptors (Lipinski definition) is 5. The lowest BCUT2D eigenvalue weighted by Gasteiger charge is -2.08. The molecular formula is C26H23N3O4. The zero-order chi connectivity index (χ0) is 23.2. The molecule has 0 aliphatic heterocycles. The first-order valence-corrected chi connectivity index (χ1v) is 10.4. The summed E-state index contributed by atoms with van der Waals surface area (Å²) in [5.41, 5.74) is 4.14. The Morgan fingerprint density at radius 1 is 1.03 bits per heavy atom. The van der Waals surface area contributed by atoms with Crippen LogP contribution in [-0.2, 0) is 16.1 Å². The first-order valence-electron chi connectivity index (χ1n) is 10.4. The van der Waals surface area contributed by atoms with Crippen LogP contribution in [0.25, 0.3) is 17.1 Å². The number of nitrogens with zero attached hydrogens (tertiary/aromatic N) is 2. The lowest BCUT2D eigenvalue weighted by Crippen LogP contribution is -2.08. The second-order valence-electron chi connectivity index (χ2n) is 7.36. The van der Waals surface area contributed by atoms with Crippen molar-refractivity contribution in [1.29, 1.82) is 0 Å². The molecule has 0 aliphatic carbocycles. The molecule has 0 atom stereocenters. The molecule has 0 saturated carbocycles. The molecule has 0 fully saturated rings. The molecule has 4 aromatic rings. The summed E-state index contributed by atoms with van der Waals surface area (Å²) in [6.45, 7) is 2.01. The van der Waals surface area contributed by atoms with Gasteiger partial charge < -0.3 is 19.4 Å². The molecule has 7 nitrogen and oxygen atoms in total. The number of ether oxygens (including phenoxy) is 2. The van der Waals surface area contributed by atoms with Gasteiger partial charge in [0.2, 0.25) is 5.91 Å². The fraction of sp³-hybridized carbons (Fsp3) is 0.115. The van der Waals surface area contributed by atoms with Gasteiger partial charge in [-0.3, -0.25) is 9.59 Å². The number of methoxy groups -OCH3 is 1. The molecule has 7 heteroatoms. The molecule has 166 valence electrons. The number of carbonyl (C=O) groups is 2. The third kappa shape index (κ3) is 5.27. The highest BCUT2D eigenvalue weighted by molar-refractivity contribution is 6.06. The second-order valence-corrected chi connectivity index (χ2v) is 7.36. The number of benzene rings is 3. The maximum Gasteiger partial charge on any atom is 0.308 e. The van der Waals surface area contributed by atoms with E-state index < -0.39 is 5.97 Å². The van der Waals surface area contributed by atoms with Gasteiger partial charge in [-0.05, 0) is 41.5 Å². The molecule has 1 amide bonds. The van der Waals surface area contributed by atoms with E-state index in [1.807, 2.05) is 41.0 Å². The van der Waals surface area contributed by atoms with E-state index in [1.54, 1.807) is 30.6 Å². The van der Waals surface area contributed by atoms with E-state index in [-0.39, 0.29) is 5.91 Å². The van der Waals surface area contributed by atoms with Crippen LogP contribution in [0, 0.1) is 0 Å². The fourth-order valence-corrected chi connectivity index (χ4v) is 3.47. The Morgan fingerprint density at radius 2 is 1.85 bits per heavy atom. The summed E-state index contributed by atoms with van der Waals surface area (Å²) in [6.07, 6.45) is 4.83. The van der Waals surface area contributed by atoms with Gasteiger partial charge in [0.1, 0.15) is 5.52 Å². The number of aromatic nitrogens is 2. The minimum Gasteiger partial charge on any atom is -0.493 e. The predicted octanol–water partition coefficient (Wildman–Crippen LogP) is 4.67.